The van der Waals surface area contributed by atoms with Gasteiger partial charge in [0.05, 0.1) is 84.1 Å². The Labute approximate surface area is 615 Å². The van der Waals surface area contributed by atoms with E-state index in [1.54, 1.807) is 90.5 Å². The van der Waals surface area contributed by atoms with Gasteiger partial charge < -0.3 is 70.7 Å². The Morgan fingerprint density at radius 3 is 1.10 bits per heavy atom. The monoisotopic (exact) mass is 1440 g/mol. The molecule has 29 nitrogen and oxygen atoms in total. The van der Waals surface area contributed by atoms with Gasteiger partial charge in [-0.25, -0.2) is 19.7 Å². The predicted octanol–water partition coefficient (Wildman–Crippen LogP) is 8.68. The van der Waals surface area contributed by atoms with Gasteiger partial charge in [0.25, 0.3) is 5.69 Å². The molecule has 13 aromatic rings. The highest BCUT2D eigenvalue weighted by Gasteiger charge is 2.32. The summed E-state index contributed by atoms with van der Waals surface area (Å²) in [6, 6.07) is 58.0. The van der Waals surface area contributed by atoms with Gasteiger partial charge in [-0.2, -0.15) is 0 Å². The number of hydrogen-bond donors (Lipinski definition) is 6. The maximum absolute atomic E-state index is 13.4. The number of fused-ring (bicyclic) bond motifs is 3. The van der Waals surface area contributed by atoms with Crippen LogP contribution in [0, 0.1) is 11.8 Å². The largest absolute Gasteiger partial charge is 0.480 e. The van der Waals surface area contributed by atoms with Gasteiger partial charge in [-0.1, -0.05) is 121 Å². The van der Waals surface area contributed by atoms with Crippen LogP contribution in [-0.4, -0.2) is 134 Å². The van der Waals surface area contributed by atoms with Crippen molar-refractivity contribution in [2.75, 3.05) is 92.5 Å². The summed E-state index contributed by atoms with van der Waals surface area (Å²) in [6.07, 6.45) is 15.7. The number of methoxy groups -OCH3 is 3. The van der Waals surface area contributed by atoms with Crippen molar-refractivity contribution >= 4 is 69.1 Å². The van der Waals surface area contributed by atoms with Gasteiger partial charge in [0.1, 0.15) is 35.7 Å². The van der Waals surface area contributed by atoms with Crippen LogP contribution < -0.4 is 65.0 Å². The van der Waals surface area contributed by atoms with Crippen LogP contribution in [-0.2, 0) is 40.4 Å². The summed E-state index contributed by atoms with van der Waals surface area (Å²) >= 11 is 0. The average molecular weight is 1450 g/mol. The minimum absolute atomic E-state index is 0.00816. The number of hydrogen-bond acceptors (Lipinski definition) is 22. The summed E-state index contributed by atoms with van der Waals surface area (Å²) in [5, 5.41) is 33.1. The number of nitrogens with zero attached hydrogens (tertiary/aromatic N) is 14. The molecule has 8 N–H and O–H groups in total. The Hall–Kier alpha value is -13.0. The summed E-state index contributed by atoms with van der Waals surface area (Å²) in [7, 11) is 4.70. The molecule has 0 amide bonds. The molecule has 0 saturated carbocycles. The molecule has 3 aliphatic rings. The lowest BCUT2D eigenvalue weighted by Gasteiger charge is -2.25. The van der Waals surface area contributed by atoms with Gasteiger partial charge in [-0.15, -0.1) is 13.5 Å². The lowest BCUT2D eigenvalue weighted by Crippen LogP contribution is -2.41. The van der Waals surface area contributed by atoms with Crippen LogP contribution in [0.5, 0.6) is 17.6 Å². The van der Waals surface area contributed by atoms with Crippen LogP contribution in [0.4, 0.5) is 51.6 Å². The van der Waals surface area contributed by atoms with E-state index in [0.717, 1.165) is 52.7 Å². The third-order valence-electron chi connectivity index (χ3n) is 17.6. The van der Waals surface area contributed by atoms with E-state index in [9.17, 15) is 19.5 Å². The standard InChI is InChI=1S/C31H30N6O3.C27H24N6O3.C17H18N6O3.C3H7NO/c1-39-31-27(13-8-14-32-31)34-26-16-30(37-33-17-28(36(37)20-26)29(38)15-25-21-40-22-25)35(18-23-9-4-2-5-10-23)19-24-11-6-3-7-12-24;1-36-26-23(13-8-14-28-26)30-22-15-25(33-29-16-24(27(34)35)32(33)19-22)31(17-20-9-4-2-5-10-20)18-21-11-6-3-7-12-21;1-25-17-13(3-2-4-19-17)21-12-6-16(18)23-20-7-14(22(23)8-12)15(24)5-11-9-26-10-11;4-3-1-5-2-3/h2-14,16-17,20,25H,15,18-19,21-22H2,1H3;2-16,19H,17-18H2,1H3,(H-,29,30,34,35);2-4,6-8,11H,5,9-10H2,1H3,(H2-,18,20,21,24);3H,1-2,4H2/p+3. The van der Waals surface area contributed by atoms with Crippen LogP contribution in [0.25, 0.3) is 0 Å². The number of benzene rings is 4. The summed E-state index contributed by atoms with van der Waals surface area (Å²) in [6.45, 7) is 6.51. The number of aromatic nitrogens is 12. The van der Waals surface area contributed by atoms with Gasteiger partial charge in [0, 0.05) is 117 Å². The van der Waals surface area contributed by atoms with Crippen LogP contribution >= 0.6 is 0 Å². The maximum Gasteiger partial charge on any atom is 0.382 e. The van der Waals surface area contributed by atoms with Gasteiger partial charge in [-0.3, -0.25) is 9.59 Å². The number of carbonyl (C=O) groups is 3. The molecule has 0 atom stereocenters. The second kappa shape index (κ2) is 34.5. The number of pyridine rings is 3. The van der Waals surface area contributed by atoms with E-state index in [-0.39, 0.29) is 29.1 Å². The highest BCUT2D eigenvalue weighted by Crippen LogP contribution is 2.32. The van der Waals surface area contributed by atoms with Crippen molar-refractivity contribution in [3.05, 3.63) is 271 Å². The molecule has 3 saturated heterocycles. The molecule has 546 valence electrons. The number of anilines is 9. The molecule has 9 aromatic heterocycles. The topological polar surface area (TPSA) is 324 Å². The van der Waals surface area contributed by atoms with Crippen molar-refractivity contribution in [1.82, 2.24) is 44.1 Å². The van der Waals surface area contributed by atoms with Gasteiger partial charge in [0.2, 0.25) is 59.2 Å². The zero-order chi connectivity index (χ0) is 74.0. The van der Waals surface area contributed by atoms with Crippen LogP contribution in [0.3, 0.4) is 0 Å². The molecule has 16 rings (SSSR count). The lowest BCUT2D eigenvalue weighted by molar-refractivity contribution is -0.623. The molecule has 0 spiro atoms. The van der Waals surface area contributed by atoms with Gasteiger partial charge in [-0.05, 0) is 58.7 Å². The predicted molar refractivity (Wildman–Crippen MR) is 397 cm³/mol. The normalized spacial score (nSPS) is 13.2. The number of nitrogens with two attached hydrogens (primary N) is 2. The number of nitrogen functional groups attached to an aromatic ring is 1. The summed E-state index contributed by atoms with van der Waals surface area (Å²) in [5.41, 5.74) is 21.1. The second-order valence-electron chi connectivity index (χ2n) is 25.5. The summed E-state index contributed by atoms with van der Waals surface area (Å²) < 4.78 is 41.1. The van der Waals surface area contributed by atoms with Crippen LogP contribution in [0.1, 0.15) is 66.6 Å². The number of Topliss-reactive ketones (excluding diaryl/α,β-unsaturated/α-hetero) is 2. The fourth-order valence-corrected chi connectivity index (χ4v) is 12.0. The smallest absolute Gasteiger partial charge is 0.382 e. The molecule has 107 heavy (non-hydrogen) atoms. The molecular formula is C78H82N19O10+3. The van der Waals surface area contributed by atoms with Crippen molar-refractivity contribution in [2.24, 2.45) is 17.6 Å². The molecule has 3 fully saturated rings. The lowest BCUT2D eigenvalue weighted by atomic mass is 10.00. The van der Waals surface area contributed by atoms with E-state index in [4.69, 9.17) is 45.0 Å². The van der Waals surface area contributed by atoms with Crippen LogP contribution in [0.2, 0.25) is 0 Å². The molecule has 0 bridgehead atoms. The van der Waals surface area contributed by atoms with Crippen molar-refractivity contribution in [1.29, 1.82) is 0 Å². The number of aromatic carboxylic acids is 1. The molecule has 29 heteroatoms. The highest BCUT2D eigenvalue weighted by molar-refractivity contribution is 5.93. The summed E-state index contributed by atoms with van der Waals surface area (Å²) in [4.78, 5) is 55.1. The van der Waals surface area contributed by atoms with Crippen molar-refractivity contribution < 1.29 is 61.5 Å². The molecule has 0 radical (unpaired) electrons. The maximum atomic E-state index is 13.4. The average Bonchev–Trinajstić information content (AvgIpc) is 1.68. The van der Waals surface area contributed by atoms with Crippen molar-refractivity contribution in [2.45, 2.75) is 45.1 Å². The van der Waals surface area contributed by atoms with E-state index in [0.29, 0.717) is 135 Å². The number of rotatable bonds is 26. The van der Waals surface area contributed by atoms with Gasteiger partial charge in [0.15, 0.2) is 17.5 Å². The Kier molecular flexibility index (Phi) is 23.4. The molecule has 4 aromatic carbocycles. The fourth-order valence-electron chi connectivity index (χ4n) is 12.0. The SMILES string of the molecule is COc1ncccc1Nc1cc(N(Cc2ccccc2)Cc2ccccc2)n2ncc(C(=O)CC3COC3)[n+]2c1.COc1ncccc1Nc1cc(N(Cc2ccccc2)Cc2ccccc2)n2ncc(C(=O)O)[n+]2c1.COc1ncccc1Nc1cc(N)n2ncc(C(=O)CC3COC3)[n+]2c1.NC1COC1. The molecule has 3 aliphatic heterocycles. The third-order valence-corrected chi connectivity index (χ3v) is 17.6. The molecular weight excluding hydrogens is 1360 g/mol. The zero-order valence-electron chi connectivity index (χ0n) is 59.2. The molecule has 12 heterocycles. The first-order valence-electron chi connectivity index (χ1n) is 34.6. The zero-order valence-corrected chi connectivity index (χ0v) is 59.2. The van der Waals surface area contributed by atoms with E-state index in [1.165, 1.54) is 21.5 Å². The minimum Gasteiger partial charge on any atom is -0.480 e. The fraction of sp³-hybridized carbons (Fsp3) is 0.231. The Bertz CT molecular complexity index is 5080. The summed E-state index contributed by atoms with van der Waals surface area (Å²) in [5.74, 6) is 2.80. The molecule has 0 aliphatic carbocycles. The number of nitrogens with one attached hydrogen (secondary N) is 3. The second-order valence-corrected chi connectivity index (χ2v) is 25.5. The third kappa shape index (κ3) is 18.0. The number of carboxylic acid groups (broad SMARTS) is 1. The highest BCUT2D eigenvalue weighted by atomic mass is 16.5. The first kappa shape index (κ1) is 72.4. The Balaban J connectivity index is 0.000000140. The van der Waals surface area contributed by atoms with Crippen molar-refractivity contribution in [3.63, 3.8) is 0 Å². The number of carbonyl (C=O) groups excluding carboxylic acids is 2. The molecule has 0 unspecified atom stereocenters. The van der Waals surface area contributed by atoms with Crippen LogP contribution in [0.15, 0.2) is 232 Å². The van der Waals surface area contributed by atoms with E-state index < -0.39 is 5.97 Å². The first-order chi connectivity index (χ1) is 52.3. The number of ketones is 2. The minimum atomic E-state index is -1.07. The van der Waals surface area contributed by atoms with E-state index >= 15 is 0 Å². The van der Waals surface area contributed by atoms with E-state index in [2.05, 4.69) is 99.4 Å². The van der Waals surface area contributed by atoms with E-state index in [1.807, 2.05) is 120 Å². The Morgan fingerprint density at radius 1 is 0.467 bits per heavy atom. The first-order valence-corrected chi connectivity index (χ1v) is 34.6. The number of carboxylic acids is 1. The van der Waals surface area contributed by atoms with Gasteiger partial charge >= 0.3 is 5.97 Å². The number of ether oxygens (including phenoxy) is 6. The van der Waals surface area contributed by atoms with Crippen molar-refractivity contribution in [3.8, 4) is 17.6 Å². The quantitative estimate of drug-likeness (QED) is 0.0218. The Morgan fingerprint density at radius 2 is 0.785 bits per heavy atom.